The van der Waals surface area contributed by atoms with Gasteiger partial charge < -0.3 is 5.32 Å². The average molecular weight is 249 g/mol. The molecular weight excluding hydrogens is 234 g/mol. The molecule has 0 unspecified atom stereocenters. The second-order valence-electron chi connectivity index (χ2n) is 4.72. The van der Waals surface area contributed by atoms with Crippen LogP contribution in [0.25, 0.3) is 10.8 Å². The molecule has 0 fully saturated rings. The third-order valence-electron chi connectivity index (χ3n) is 3.29. The fourth-order valence-electron chi connectivity index (χ4n) is 2.00. The van der Waals surface area contributed by atoms with Crippen LogP contribution in [0, 0.1) is 13.8 Å². The molecule has 0 bridgehead atoms. The number of hydrogen-bond acceptors (Lipinski definition) is 3. The molecule has 0 radical (unpaired) electrons. The molecule has 0 aliphatic rings. The zero-order chi connectivity index (χ0) is 13.2. The quantitative estimate of drug-likeness (QED) is 0.746. The molecule has 0 atom stereocenters. The largest absolute Gasteiger partial charge is 0.340 e. The topological polar surface area (TPSA) is 37.8 Å². The molecular formula is C16H15N3. The van der Waals surface area contributed by atoms with Crippen molar-refractivity contribution in [2.45, 2.75) is 13.8 Å². The van der Waals surface area contributed by atoms with E-state index in [1.165, 1.54) is 16.5 Å². The number of pyridine rings is 2. The van der Waals surface area contributed by atoms with Crippen LogP contribution in [0.1, 0.15) is 11.1 Å². The van der Waals surface area contributed by atoms with E-state index in [-0.39, 0.29) is 0 Å². The van der Waals surface area contributed by atoms with E-state index in [2.05, 4.69) is 47.3 Å². The Hall–Kier alpha value is -2.42. The van der Waals surface area contributed by atoms with Crippen molar-refractivity contribution < 1.29 is 0 Å². The molecule has 0 aliphatic heterocycles. The predicted molar refractivity (Wildman–Crippen MR) is 78.7 cm³/mol. The molecule has 0 amide bonds. The van der Waals surface area contributed by atoms with Crippen molar-refractivity contribution in [2.24, 2.45) is 0 Å². The van der Waals surface area contributed by atoms with Crippen molar-refractivity contribution in [3.05, 3.63) is 60.0 Å². The summed E-state index contributed by atoms with van der Waals surface area (Å²) in [5.74, 6) is 0.872. The number of fused-ring (bicyclic) bond motifs is 1. The highest BCUT2D eigenvalue weighted by molar-refractivity contribution is 5.85. The summed E-state index contributed by atoms with van der Waals surface area (Å²) in [6.07, 6.45) is 5.57. The maximum Gasteiger partial charge on any atom is 0.130 e. The van der Waals surface area contributed by atoms with Crippen LogP contribution in [0.15, 0.2) is 48.9 Å². The standard InChI is InChI=1S/C16H15N3/c1-11-7-16(18-9-12(11)2)19-15-4-3-14-10-17-6-5-13(14)8-15/h3-10H,1-2H3,(H,18,19). The Balaban J connectivity index is 1.94. The minimum Gasteiger partial charge on any atom is -0.340 e. The van der Waals surface area contributed by atoms with Crippen LogP contribution in [-0.2, 0) is 0 Å². The number of rotatable bonds is 2. The minimum absolute atomic E-state index is 0.872. The maximum absolute atomic E-state index is 4.39. The van der Waals surface area contributed by atoms with Crippen molar-refractivity contribution in [3.63, 3.8) is 0 Å². The van der Waals surface area contributed by atoms with Crippen LogP contribution in [0.3, 0.4) is 0 Å². The Morgan fingerprint density at radius 2 is 1.79 bits per heavy atom. The Morgan fingerprint density at radius 3 is 2.63 bits per heavy atom. The first-order valence-corrected chi connectivity index (χ1v) is 6.26. The van der Waals surface area contributed by atoms with Crippen LogP contribution in [0.2, 0.25) is 0 Å². The fourth-order valence-corrected chi connectivity index (χ4v) is 2.00. The number of nitrogens with one attached hydrogen (secondary N) is 1. The van der Waals surface area contributed by atoms with E-state index in [0.717, 1.165) is 16.9 Å². The molecule has 19 heavy (non-hydrogen) atoms. The first-order chi connectivity index (χ1) is 9.22. The number of hydrogen-bond donors (Lipinski definition) is 1. The summed E-state index contributed by atoms with van der Waals surface area (Å²) in [4.78, 5) is 8.51. The summed E-state index contributed by atoms with van der Waals surface area (Å²) in [6.45, 7) is 4.16. The third kappa shape index (κ3) is 2.40. The van der Waals surface area contributed by atoms with E-state index in [1.807, 2.05) is 24.5 Å². The zero-order valence-corrected chi connectivity index (χ0v) is 11.0. The van der Waals surface area contributed by atoms with Gasteiger partial charge in [0.25, 0.3) is 0 Å². The highest BCUT2D eigenvalue weighted by atomic mass is 15.0. The monoisotopic (exact) mass is 249 g/mol. The molecule has 0 saturated heterocycles. The van der Waals surface area contributed by atoms with Crippen LogP contribution >= 0.6 is 0 Å². The SMILES string of the molecule is Cc1cnc(Nc2ccc3cnccc3c2)cc1C. The first kappa shape index (κ1) is 11.7. The summed E-state index contributed by atoms with van der Waals surface area (Å²) in [5.41, 5.74) is 3.48. The van der Waals surface area contributed by atoms with E-state index >= 15 is 0 Å². The van der Waals surface area contributed by atoms with E-state index in [9.17, 15) is 0 Å². The molecule has 2 heterocycles. The molecule has 3 nitrogen and oxygen atoms in total. The molecule has 3 rings (SSSR count). The van der Waals surface area contributed by atoms with Crippen molar-refractivity contribution >= 4 is 22.3 Å². The van der Waals surface area contributed by atoms with Gasteiger partial charge in [0.1, 0.15) is 5.82 Å². The van der Waals surface area contributed by atoms with E-state index < -0.39 is 0 Å². The van der Waals surface area contributed by atoms with Gasteiger partial charge in [-0.1, -0.05) is 6.07 Å². The Bertz CT molecular complexity index is 735. The molecule has 94 valence electrons. The number of nitrogens with zero attached hydrogens (tertiary/aromatic N) is 2. The van der Waals surface area contributed by atoms with E-state index in [1.54, 1.807) is 6.20 Å². The molecule has 1 aromatic carbocycles. The Labute approximate surface area is 112 Å². The highest BCUT2D eigenvalue weighted by Crippen LogP contribution is 2.21. The summed E-state index contributed by atoms with van der Waals surface area (Å²) >= 11 is 0. The summed E-state index contributed by atoms with van der Waals surface area (Å²) in [6, 6.07) is 10.3. The van der Waals surface area contributed by atoms with Crippen LogP contribution in [-0.4, -0.2) is 9.97 Å². The lowest BCUT2D eigenvalue weighted by Crippen LogP contribution is -1.95. The second kappa shape index (κ2) is 4.69. The van der Waals surface area contributed by atoms with Crippen molar-refractivity contribution in [1.29, 1.82) is 0 Å². The van der Waals surface area contributed by atoms with Gasteiger partial charge >= 0.3 is 0 Å². The highest BCUT2D eigenvalue weighted by Gasteiger charge is 2.00. The molecule has 3 aromatic rings. The van der Waals surface area contributed by atoms with Gasteiger partial charge in [-0.2, -0.15) is 0 Å². The molecule has 0 aliphatic carbocycles. The molecule has 0 saturated carbocycles. The third-order valence-corrected chi connectivity index (χ3v) is 3.29. The number of anilines is 2. The van der Waals surface area contributed by atoms with Crippen molar-refractivity contribution in [3.8, 4) is 0 Å². The summed E-state index contributed by atoms with van der Waals surface area (Å²) in [7, 11) is 0. The van der Waals surface area contributed by atoms with Gasteiger partial charge in [-0.3, -0.25) is 4.98 Å². The zero-order valence-electron chi connectivity index (χ0n) is 11.0. The lowest BCUT2D eigenvalue weighted by atomic mass is 10.1. The molecule has 0 spiro atoms. The first-order valence-electron chi connectivity index (χ1n) is 6.26. The fraction of sp³-hybridized carbons (Fsp3) is 0.125. The molecule has 2 aromatic heterocycles. The van der Waals surface area contributed by atoms with Crippen molar-refractivity contribution in [1.82, 2.24) is 9.97 Å². The predicted octanol–water partition coefficient (Wildman–Crippen LogP) is 3.99. The van der Waals surface area contributed by atoms with Crippen LogP contribution < -0.4 is 5.32 Å². The number of aromatic nitrogens is 2. The summed E-state index contributed by atoms with van der Waals surface area (Å²) < 4.78 is 0. The van der Waals surface area contributed by atoms with Crippen LogP contribution in [0.4, 0.5) is 11.5 Å². The van der Waals surface area contributed by atoms with Gasteiger partial charge in [-0.15, -0.1) is 0 Å². The van der Waals surface area contributed by atoms with E-state index in [0.29, 0.717) is 0 Å². The second-order valence-corrected chi connectivity index (χ2v) is 4.72. The summed E-state index contributed by atoms with van der Waals surface area (Å²) in [5, 5.41) is 5.64. The van der Waals surface area contributed by atoms with Gasteiger partial charge in [-0.05, 0) is 54.6 Å². The van der Waals surface area contributed by atoms with Gasteiger partial charge in [0, 0.05) is 29.7 Å². The minimum atomic E-state index is 0.872. The van der Waals surface area contributed by atoms with E-state index in [4.69, 9.17) is 0 Å². The van der Waals surface area contributed by atoms with Gasteiger partial charge in [0.05, 0.1) is 0 Å². The lowest BCUT2D eigenvalue weighted by molar-refractivity contribution is 1.21. The molecule has 1 N–H and O–H groups in total. The Morgan fingerprint density at radius 1 is 0.895 bits per heavy atom. The average Bonchev–Trinajstić information content (AvgIpc) is 2.43. The van der Waals surface area contributed by atoms with Crippen molar-refractivity contribution in [2.75, 3.05) is 5.32 Å². The van der Waals surface area contributed by atoms with Gasteiger partial charge in [-0.25, -0.2) is 4.98 Å². The lowest BCUT2D eigenvalue weighted by Gasteiger charge is -2.08. The van der Waals surface area contributed by atoms with Crippen LogP contribution in [0.5, 0.6) is 0 Å². The number of benzene rings is 1. The van der Waals surface area contributed by atoms with Gasteiger partial charge in [0.2, 0.25) is 0 Å². The van der Waals surface area contributed by atoms with Gasteiger partial charge in [0.15, 0.2) is 0 Å². The maximum atomic E-state index is 4.39. The smallest absolute Gasteiger partial charge is 0.130 e. The molecule has 3 heteroatoms. The normalized spacial score (nSPS) is 10.6. The number of aryl methyl sites for hydroxylation is 2. The Kier molecular flexibility index (Phi) is 2.88.